The van der Waals surface area contributed by atoms with Gasteiger partial charge in [0.25, 0.3) is 11.7 Å². The number of carbonyl (C=O) groups excluding carboxylic acids is 2. The Kier molecular flexibility index (Phi) is 6.33. The zero-order valence-electron chi connectivity index (χ0n) is 20.1. The van der Waals surface area contributed by atoms with Crippen LogP contribution in [0.2, 0.25) is 0 Å². The summed E-state index contributed by atoms with van der Waals surface area (Å²) in [6.45, 7) is 8.00. The predicted octanol–water partition coefficient (Wildman–Crippen LogP) is 5.80. The van der Waals surface area contributed by atoms with Gasteiger partial charge in [-0.25, -0.2) is 0 Å². The molecule has 2 aliphatic rings. The molecule has 0 radical (unpaired) electrons. The Labute approximate surface area is 196 Å². The van der Waals surface area contributed by atoms with Crippen LogP contribution in [0.4, 0.5) is 0 Å². The number of nitrogens with zero attached hydrogens (tertiary/aromatic N) is 1. The summed E-state index contributed by atoms with van der Waals surface area (Å²) in [5.74, 6) is -0.305. The van der Waals surface area contributed by atoms with Crippen LogP contribution >= 0.6 is 0 Å². The average Bonchev–Trinajstić information content (AvgIpc) is 3.39. The first-order chi connectivity index (χ1) is 15.7. The molecule has 2 fully saturated rings. The monoisotopic (exact) mass is 447 g/mol. The van der Waals surface area contributed by atoms with Crippen molar-refractivity contribution in [3.8, 4) is 5.75 Å². The molecule has 2 aromatic carbocycles. The Morgan fingerprint density at radius 3 is 2.39 bits per heavy atom. The number of aliphatic hydroxyl groups excluding tert-OH is 1. The van der Waals surface area contributed by atoms with E-state index in [-0.39, 0.29) is 23.3 Å². The summed E-state index contributed by atoms with van der Waals surface area (Å²) in [5.41, 5.74) is 4.40. The van der Waals surface area contributed by atoms with Crippen LogP contribution in [0.3, 0.4) is 0 Å². The van der Waals surface area contributed by atoms with E-state index in [0.29, 0.717) is 5.56 Å². The summed E-state index contributed by atoms with van der Waals surface area (Å²) in [6.07, 6.45) is 3.86. The molecule has 1 amide bonds. The van der Waals surface area contributed by atoms with Gasteiger partial charge in [0.05, 0.1) is 18.7 Å². The van der Waals surface area contributed by atoms with E-state index < -0.39 is 17.7 Å². The normalized spacial score (nSPS) is 20.8. The lowest BCUT2D eigenvalue weighted by molar-refractivity contribution is -0.141. The van der Waals surface area contributed by atoms with E-state index in [1.165, 1.54) is 0 Å². The first-order valence-electron chi connectivity index (χ1n) is 11.8. The minimum Gasteiger partial charge on any atom is -0.507 e. The molecular formula is C28H33NO4. The smallest absolute Gasteiger partial charge is 0.295 e. The van der Waals surface area contributed by atoms with Crippen molar-refractivity contribution in [1.29, 1.82) is 0 Å². The molecule has 1 atom stereocenters. The molecule has 0 bridgehead atoms. The number of likely N-dealkylation sites (tertiary alicyclic amines) is 1. The number of ether oxygens (including phenoxy) is 1. The molecule has 4 rings (SSSR count). The third-order valence-corrected chi connectivity index (χ3v) is 7.01. The lowest BCUT2D eigenvalue weighted by Gasteiger charge is -2.31. The van der Waals surface area contributed by atoms with Crippen LogP contribution in [0.25, 0.3) is 5.76 Å². The van der Waals surface area contributed by atoms with E-state index in [9.17, 15) is 14.7 Å². The molecule has 33 heavy (non-hydrogen) atoms. The van der Waals surface area contributed by atoms with Gasteiger partial charge in [-0.15, -0.1) is 0 Å². The fraction of sp³-hybridized carbons (Fsp3) is 0.429. The molecular weight excluding hydrogens is 414 g/mol. The number of hydrogen-bond donors (Lipinski definition) is 1. The van der Waals surface area contributed by atoms with Gasteiger partial charge in [-0.2, -0.15) is 0 Å². The minimum absolute atomic E-state index is 0.0143. The van der Waals surface area contributed by atoms with Crippen molar-refractivity contribution in [3.63, 3.8) is 0 Å². The van der Waals surface area contributed by atoms with E-state index in [0.717, 1.165) is 53.7 Å². The number of methoxy groups -OCH3 is 1. The topological polar surface area (TPSA) is 66.8 Å². The second-order valence-electron chi connectivity index (χ2n) is 9.62. The van der Waals surface area contributed by atoms with Crippen LogP contribution in [0.5, 0.6) is 5.75 Å². The molecule has 1 aliphatic heterocycles. The highest BCUT2D eigenvalue weighted by Crippen LogP contribution is 2.44. The Morgan fingerprint density at radius 1 is 1.09 bits per heavy atom. The Balaban J connectivity index is 1.94. The largest absolute Gasteiger partial charge is 0.507 e. The Hall–Kier alpha value is -3.08. The van der Waals surface area contributed by atoms with Crippen LogP contribution in [0.1, 0.15) is 79.3 Å². The first-order valence-corrected chi connectivity index (χ1v) is 11.8. The molecule has 1 N–H and O–H groups in total. The molecule has 1 aliphatic carbocycles. The molecule has 174 valence electrons. The van der Waals surface area contributed by atoms with Crippen molar-refractivity contribution < 1.29 is 19.4 Å². The second kappa shape index (κ2) is 9.05. The number of Topliss-reactive ketones (excluding diaryl/α,β-unsaturated/α-hetero) is 1. The van der Waals surface area contributed by atoms with Gasteiger partial charge in [0.1, 0.15) is 11.5 Å². The molecule has 5 heteroatoms. The van der Waals surface area contributed by atoms with Crippen molar-refractivity contribution in [3.05, 3.63) is 69.8 Å². The number of aryl methyl sites for hydroxylation is 2. The van der Waals surface area contributed by atoms with Crippen molar-refractivity contribution in [2.45, 2.75) is 71.4 Å². The molecule has 1 unspecified atom stereocenters. The van der Waals surface area contributed by atoms with Crippen molar-refractivity contribution >= 4 is 17.4 Å². The highest BCUT2D eigenvalue weighted by Gasteiger charge is 2.49. The maximum atomic E-state index is 13.4. The molecule has 1 heterocycles. The van der Waals surface area contributed by atoms with Gasteiger partial charge in [-0.05, 0) is 61.4 Å². The first kappa shape index (κ1) is 23.1. The van der Waals surface area contributed by atoms with Crippen LogP contribution in [-0.2, 0) is 9.59 Å². The van der Waals surface area contributed by atoms with E-state index in [1.54, 1.807) is 12.0 Å². The van der Waals surface area contributed by atoms with Gasteiger partial charge < -0.3 is 14.7 Å². The number of benzene rings is 2. The molecule has 5 nitrogen and oxygen atoms in total. The van der Waals surface area contributed by atoms with Crippen molar-refractivity contribution in [1.82, 2.24) is 4.90 Å². The zero-order chi connectivity index (χ0) is 23.9. The lowest BCUT2D eigenvalue weighted by Crippen LogP contribution is -2.37. The summed E-state index contributed by atoms with van der Waals surface area (Å²) in [5, 5.41) is 11.6. The SMILES string of the molecule is COc1cc(C)c(/C(O)=C2\C(=O)C(=O)N(C3CCCC3)C2c2cccc(C)c2)cc1C(C)C. The third-order valence-electron chi connectivity index (χ3n) is 7.01. The highest BCUT2D eigenvalue weighted by atomic mass is 16.5. The average molecular weight is 448 g/mol. The van der Waals surface area contributed by atoms with Crippen molar-refractivity contribution in [2.75, 3.05) is 7.11 Å². The standard InChI is InChI=1S/C28H33NO4/c1-16(2)21-15-22(18(4)14-23(21)33-5)26(30)24-25(19-10-8-9-17(3)13-19)29(28(32)27(24)31)20-11-6-7-12-20/h8-10,13-16,20,25,30H,6-7,11-12H2,1-5H3/b26-24+. The summed E-state index contributed by atoms with van der Waals surface area (Å²) in [4.78, 5) is 28.4. The summed E-state index contributed by atoms with van der Waals surface area (Å²) < 4.78 is 5.55. The molecule has 0 spiro atoms. The molecule has 2 aromatic rings. The number of ketones is 1. The van der Waals surface area contributed by atoms with E-state index in [2.05, 4.69) is 13.8 Å². The number of rotatable bonds is 5. The van der Waals surface area contributed by atoms with E-state index in [4.69, 9.17) is 4.74 Å². The van der Waals surface area contributed by atoms with Crippen LogP contribution in [-0.4, -0.2) is 34.8 Å². The minimum atomic E-state index is -0.604. The van der Waals surface area contributed by atoms with Gasteiger partial charge in [-0.1, -0.05) is 56.5 Å². The van der Waals surface area contributed by atoms with Crippen LogP contribution < -0.4 is 4.74 Å². The number of aliphatic hydroxyl groups is 1. The summed E-state index contributed by atoms with van der Waals surface area (Å²) in [6, 6.07) is 11.1. The number of amides is 1. The quantitative estimate of drug-likeness (QED) is 0.357. The Morgan fingerprint density at radius 2 is 1.79 bits per heavy atom. The molecule has 0 aromatic heterocycles. The summed E-state index contributed by atoms with van der Waals surface area (Å²) >= 11 is 0. The van der Waals surface area contributed by atoms with Gasteiger partial charge in [0.15, 0.2) is 0 Å². The molecule has 1 saturated heterocycles. The van der Waals surface area contributed by atoms with Gasteiger partial charge in [-0.3, -0.25) is 9.59 Å². The van der Waals surface area contributed by atoms with Gasteiger partial charge >= 0.3 is 0 Å². The van der Waals surface area contributed by atoms with E-state index >= 15 is 0 Å². The molecule has 1 saturated carbocycles. The number of hydrogen-bond acceptors (Lipinski definition) is 4. The van der Waals surface area contributed by atoms with Gasteiger partial charge in [0, 0.05) is 11.6 Å². The van der Waals surface area contributed by atoms with Crippen molar-refractivity contribution in [2.24, 2.45) is 0 Å². The predicted molar refractivity (Wildman–Crippen MR) is 129 cm³/mol. The zero-order valence-corrected chi connectivity index (χ0v) is 20.1. The second-order valence-corrected chi connectivity index (χ2v) is 9.62. The number of carbonyl (C=O) groups is 2. The lowest BCUT2D eigenvalue weighted by atomic mass is 9.90. The maximum absolute atomic E-state index is 13.4. The Bertz CT molecular complexity index is 1120. The maximum Gasteiger partial charge on any atom is 0.295 e. The van der Waals surface area contributed by atoms with Gasteiger partial charge in [0.2, 0.25) is 0 Å². The third kappa shape index (κ3) is 4.05. The highest BCUT2D eigenvalue weighted by molar-refractivity contribution is 6.46. The summed E-state index contributed by atoms with van der Waals surface area (Å²) in [7, 11) is 1.63. The fourth-order valence-corrected chi connectivity index (χ4v) is 5.30. The van der Waals surface area contributed by atoms with Crippen LogP contribution in [0, 0.1) is 13.8 Å². The van der Waals surface area contributed by atoms with E-state index in [1.807, 2.05) is 50.2 Å². The van der Waals surface area contributed by atoms with Crippen LogP contribution in [0.15, 0.2) is 42.0 Å². The fourth-order valence-electron chi connectivity index (χ4n) is 5.30.